The van der Waals surface area contributed by atoms with Crippen molar-refractivity contribution in [1.29, 1.82) is 0 Å². The van der Waals surface area contributed by atoms with Crippen LogP contribution in [0.2, 0.25) is 0 Å². The number of tetrazole rings is 1. The molecule has 0 saturated heterocycles. The first-order chi connectivity index (χ1) is 14.9. The van der Waals surface area contributed by atoms with E-state index in [-0.39, 0.29) is 5.92 Å². The molecular weight excluding hydrogens is 424 g/mol. The number of benzene rings is 2. The smallest absolute Gasteiger partial charge is 0.261 e. The van der Waals surface area contributed by atoms with Crippen LogP contribution in [-0.2, 0) is 7.05 Å². The van der Waals surface area contributed by atoms with Crippen molar-refractivity contribution in [1.82, 2.24) is 20.2 Å². The second kappa shape index (κ2) is 8.93. The first-order valence-electron chi connectivity index (χ1n) is 9.89. The van der Waals surface area contributed by atoms with E-state index in [9.17, 15) is 13.6 Å². The SMILES string of the molecule is Cn1nnc(C2CCC(Cl)=C(c3ccc(NC(=O)c4c(F)cccc4F)cc3)CC2)n1. The summed E-state index contributed by atoms with van der Waals surface area (Å²) in [5.74, 6) is -1.73. The Balaban J connectivity index is 1.47. The van der Waals surface area contributed by atoms with Crippen LogP contribution in [0.25, 0.3) is 5.57 Å². The van der Waals surface area contributed by atoms with Crippen molar-refractivity contribution in [3.05, 3.63) is 76.1 Å². The highest BCUT2D eigenvalue weighted by Crippen LogP contribution is 2.38. The Morgan fingerprint density at radius 2 is 1.77 bits per heavy atom. The van der Waals surface area contributed by atoms with E-state index in [1.165, 1.54) is 10.9 Å². The predicted molar refractivity (Wildman–Crippen MR) is 114 cm³/mol. The fourth-order valence-electron chi connectivity index (χ4n) is 3.73. The number of hydrogen-bond donors (Lipinski definition) is 1. The summed E-state index contributed by atoms with van der Waals surface area (Å²) in [6.07, 6.45) is 3.16. The molecule has 1 aliphatic carbocycles. The van der Waals surface area contributed by atoms with E-state index >= 15 is 0 Å². The Bertz CT molecular complexity index is 1120. The third kappa shape index (κ3) is 4.64. The highest BCUT2D eigenvalue weighted by Gasteiger charge is 2.23. The van der Waals surface area contributed by atoms with E-state index in [1.54, 1.807) is 19.2 Å². The molecule has 6 nitrogen and oxygen atoms in total. The maximum absolute atomic E-state index is 13.8. The quantitative estimate of drug-likeness (QED) is 0.612. The fraction of sp³-hybridized carbons (Fsp3) is 0.273. The summed E-state index contributed by atoms with van der Waals surface area (Å²) < 4.78 is 27.6. The molecule has 160 valence electrons. The van der Waals surface area contributed by atoms with Crippen LogP contribution in [-0.4, -0.2) is 26.1 Å². The molecule has 0 aliphatic heterocycles. The Labute approximate surface area is 182 Å². The lowest BCUT2D eigenvalue weighted by molar-refractivity contribution is 0.101. The molecule has 1 amide bonds. The Morgan fingerprint density at radius 1 is 1.10 bits per heavy atom. The summed E-state index contributed by atoms with van der Waals surface area (Å²) in [6, 6.07) is 10.4. The molecule has 3 aromatic rings. The molecule has 2 aromatic carbocycles. The average molecular weight is 444 g/mol. The number of rotatable bonds is 4. The summed E-state index contributed by atoms with van der Waals surface area (Å²) in [4.78, 5) is 13.7. The molecule has 0 bridgehead atoms. The normalized spacial score (nSPS) is 16.8. The van der Waals surface area contributed by atoms with Gasteiger partial charge in [-0.05, 0) is 66.3 Å². The molecule has 31 heavy (non-hydrogen) atoms. The second-order valence-electron chi connectivity index (χ2n) is 7.42. The zero-order valence-corrected chi connectivity index (χ0v) is 17.5. The number of aromatic nitrogens is 4. The van der Waals surface area contributed by atoms with Gasteiger partial charge in [0.25, 0.3) is 5.91 Å². The van der Waals surface area contributed by atoms with Gasteiger partial charge < -0.3 is 5.32 Å². The van der Waals surface area contributed by atoms with Gasteiger partial charge in [-0.25, -0.2) is 8.78 Å². The van der Waals surface area contributed by atoms with Gasteiger partial charge in [-0.2, -0.15) is 4.80 Å². The number of halogens is 3. The standard InChI is InChI=1S/C22H20ClF2N5O/c1-30-28-21(27-29-30)14-7-11-16(17(23)12-8-14)13-5-9-15(10-6-13)26-22(31)20-18(24)3-2-4-19(20)25/h2-6,9-10,14H,7-8,11-12H2,1H3,(H,26,31). The Hall–Kier alpha value is -3.13. The van der Waals surface area contributed by atoms with Crippen molar-refractivity contribution in [3.8, 4) is 0 Å². The first-order valence-corrected chi connectivity index (χ1v) is 10.3. The van der Waals surface area contributed by atoms with Crippen molar-refractivity contribution in [2.45, 2.75) is 31.6 Å². The number of carbonyl (C=O) groups excluding carboxylic acids is 1. The van der Waals surface area contributed by atoms with E-state index in [1.807, 2.05) is 12.1 Å². The maximum Gasteiger partial charge on any atom is 0.261 e. The van der Waals surface area contributed by atoms with Crippen molar-refractivity contribution < 1.29 is 13.6 Å². The lowest BCUT2D eigenvalue weighted by Crippen LogP contribution is -2.15. The second-order valence-corrected chi connectivity index (χ2v) is 7.88. The van der Waals surface area contributed by atoms with Crippen LogP contribution < -0.4 is 5.32 Å². The molecule has 1 aromatic heterocycles. The van der Waals surface area contributed by atoms with Gasteiger partial charge >= 0.3 is 0 Å². The number of hydrogen-bond acceptors (Lipinski definition) is 4. The van der Waals surface area contributed by atoms with Gasteiger partial charge in [-0.3, -0.25) is 4.79 Å². The number of nitrogens with zero attached hydrogens (tertiary/aromatic N) is 4. The van der Waals surface area contributed by atoms with Crippen molar-refractivity contribution in [2.75, 3.05) is 5.32 Å². The maximum atomic E-state index is 13.8. The zero-order chi connectivity index (χ0) is 22.0. The van der Waals surface area contributed by atoms with Gasteiger partial charge in [0.15, 0.2) is 5.82 Å². The zero-order valence-electron chi connectivity index (χ0n) is 16.8. The molecule has 0 fully saturated rings. The predicted octanol–water partition coefficient (Wildman–Crippen LogP) is 5.05. The monoisotopic (exact) mass is 443 g/mol. The summed E-state index contributed by atoms with van der Waals surface area (Å²) in [5.41, 5.74) is 1.80. The van der Waals surface area contributed by atoms with Gasteiger partial charge in [0.05, 0.1) is 7.05 Å². The summed E-state index contributed by atoms with van der Waals surface area (Å²) in [6.45, 7) is 0. The lowest BCUT2D eigenvalue weighted by atomic mass is 9.96. The number of carbonyl (C=O) groups is 1. The van der Waals surface area contributed by atoms with E-state index < -0.39 is 23.1 Å². The molecule has 1 heterocycles. The van der Waals surface area contributed by atoms with Crippen LogP contribution in [0.4, 0.5) is 14.5 Å². The third-order valence-corrected chi connectivity index (χ3v) is 5.77. The lowest BCUT2D eigenvalue weighted by Gasteiger charge is -2.11. The van der Waals surface area contributed by atoms with E-state index in [2.05, 4.69) is 20.7 Å². The highest BCUT2D eigenvalue weighted by atomic mass is 35.5. The molecule has 1 N–H and O–H groups in total. The minimum Gasteiger partial charge on any atom is -0.322 e. The highest BCUT2D eigenvalue weighted by molar-refractivity contribution is 6.32. The summed E-state index contributed by atoms with van der Waals surface area (Å²) in [5, 5.41) is 15.7. The molecule has 1 unspecified atom stereocenters. The van der Waals surface area contributed by atoms with Crippen LogP contribution >= 0.6 is 11.6 Å². The van der Waals surface area contributed by atoms with Crippen LogP contribution in [0.3, 0.4) is 0 Å². The van der Waals surface area contributed by atoms with Gasteiger partial charge in [0, 0.05) is 16.6 Å². The molecule has 1 atom stereocenters. The number of nitrogens with one attached hydrogen (secondary N) is 1. The topological polar surface area (TPSA) is 72.7 Å². The third-order valence-electron chi connectivity index (χ3n) is 5.35. The van der Waals surface area contributed by atoms with Gasteiger partial charge in [-0.15, -0.1) is 10.2 Å². The molecule has 0 spiro atoms. The Kier molecular flexibility index (Phi) is 6.08. The van der Waals surface area contributed by atoms with Crippen LogP contribution in [0.5, 0.6) is 0 Å². The van der Waals surface area contributed by atoms with E-state index in [0.717, 1.165) is 53.4 Å². The molecule has 0 radical (unpaired) electrons. The first kappa shape index (κ1) is 21.1. The van der Waals surface area contributed by atoms with Crippen molar-refractivity contribution in [2.24, 2.45) is 7.05 Å². The molecule has 1 aliphatic rings. The molecular formula is C22H20ClF2N5O. The van der Waals surface area contributed by atoms with E-state index in [4.69, 9.17) is 11.6 Å². The number of allylic oxidation sites excluding steroid dienone is 2. The molecule has 0 saturated carbocycles. The fourth-order valence-corrected chi connectivity index (χ4v) is 4.05. The molecule has 9 heteroatoms. The number of aryl methyl sites for hydroxylation is 1. The minimum atomic E-state index is -0.906. The van der Waals surface area contributed by atoms with Gasteiger partial charge in [-0.1, -0.05) is 29.8 Å². The van der Waals surface area contributed by atoms with Crippen molar-refractivity contribution in [3.63, 3.8) is 0 Å². The van der Waals surface area contributed by atoms with Crippen molar-refractivity contribution >= 4 is 28.8 Å². The summed E-state index contributed by atoms with van der Waals surface area (Å²) in [7, 11) is 1.74. The number of amides is 1. The van der Waals surface area contributed by atoms with Gasteiger partial charge in [0.1, 0.15) is 17.2 Å². The van der Waals surface area contributed by atoms with Gasteiger partial charge in [0.2, 0.25) is 0 Å². The van der Waals surface area contributed by atoms with Crippen LogP contribution in [0.15, 0.2) is 47.5 Å². The molecule has 4 rings (SSSR count). The summed E-state index contributed by atoms with van der Waals surface area (Å²) >= 11 is 6.58. The minimum absolute atomic E-state index is 0.189. The number of anilines is 1. The van der Waals surface area contributed by atoms with Crippen LogP contribution in [0, 0.1) is 11.6 Å². The van der Waals surface area contributed by atoms with E-state index in [0.29, 0.717) is 12.1 Å². The Morgan fingerprint density at radius 3 is 2.42 bits per heavy atom. The largest absolute Gasteiger partial charge is 0.322 e. The average Bonchev–Trinajstić information content (AvgIpc) is 3.07. The van der Waals surface area contributed by atoms with Crippen LogP contribution in [0.1, 0.15) is 53.3 Å².